The number of benzene rings is 1. The summed E-state index contributed by atoms with van der Waals surface area (Å²) in [7, 11) is 0. The molecule has 1 aromatic rings. The first-order chi connectivity index (χ1) is 16.9. The third-order valence-corrected chi connectivity index (χ3v) is 8.35. The normalized spacial score (nSPS) is 25.0. The number of carbonyl (C=O) groups is 2. The van der Waals surface area contributed by atoms with Gasteiger partial charge in [-0.1, -0.05) is 70.9 Å². The van der Waals surface area contributed by atoms with Gasteiger partial charge < -0.3 is 15.5 Å². The summed E-state index contributed by atoms with van der Waals surface area (Å²) in [6.45, 7) is 10.0. The highest BCUT2D eigenvalue weighted by Crippen LogP contribution is 2.48. The molecule has 0 fully saturated rings. The van der Waals surface area contributed by atoms with Crippen LogP contribution in [-0.2, 0) is 22.4 Å². The maximum atomic E-state index is 13.3. The van der Waals surface area contributed by atoms with Gasteiger partial charge >= 0.3 is 0 Å². The lowest BCUT2D eigenvalue weighted by molar-refractivity contribution is -0.129. The van der Waals surface area contributed by atoms with Gasteiger partial charge in [-0.3, -0.25) is 14.6 Å². The van der Waals surface area contributed by atoms with Crippen molar-refractivity contribution in [2.75, 3.05) is 13.1 Å². The highest BCUT2D eigenvalue weighted by Gasteiger charge is 2.52. The second kappa shape index (κ2) is 8.96. The molecule has 5 rings (SSSR count). The molecule has 3 aliphatic heterocycles. The van der Waals surface area contributed by atoms with Crippen LogP contribution in [0, 0.1) is 5.41 Å². The maximum Gasteiger partial charge on any atom is 0.269 e. The number of fused-ring (bicyclic) bond motifs is 2. The molecule has 0 saturated heterocycles. The zero-order valence-corrected chi connectivity index (χ0v) is 21.5. The van der Waals surface area contributed by atoms with E-state index >= 15 is 0 Å². The van der Waals surface area contributed by atoms with Crippen LogP contribution >= 0.6 is 0 Å². The highest BCUT2D eigenvalue weighted by atomic mass is 16.2. The van der Waals surface area contributed by atoms with Crippen LogP contribution in [0.25, 0.3) is 0 Å². The van der Waals surface area contributed by atoms with Gasteiger partial charge in [-0.25, -0.2) is 0 Å². The maximum absolute atomic E-state index is 13.3. The highest BCUT2D eigenvalue weighted by molar-refractivity contribution is 6.40. The van der Waals surface area contributed by atoms with E-state index in [0.717, 1.165) is 62.2 Å². The Morgan fingerprint density at radius 3 is 2.54 bits per heavy atom. The van der Waals surface area contributed by atoms with Gasteiger partial charge in [0.15, 0.2) is 0 Å². The number of dihydropyridines is 1. The van der Waals surface area contributed by atoms with Crippen LogP contribution in [0.2, 0.25) is 0 Å². The van der Waals surface area contributed by atoms with Gasteiger partial charge in [0.25, 0.3) is 5.91 Å². The van der Waals surface area contributed by atoms with E-state index < -0.39 is 11.1 Å². The predicted octanol–water partition coefficient (Wildman–Crippen LogP) is 4.37. The molecule has 0 radical (unpaired) electrons. The van der Waals surface area contributed by atoms with E-state index in [1.54, 1.807) is 0 Å². The van der Waals surface area contributed by atoms with Gasteiger partial charge in [-0.15, -0.1) is 0 Å². The molecule has 0 bridgehead atoms. The summed E-state index contributed by atoms with van der Waals surface area (Å²) in [6, 6.07) is 6.68. The number of nitrogens with one attached hydrogen (secondary N) is 2. The molecule has 6 nitrogen and oxygen atoms in total. The molecule has 4 aliphatic rings. The Bertz CT molecular complexity index is 1140. The lowest BCUT2D eigenvalue weighted by Crippen LogP contribution is -2.48. The smallest absolute Gasteiger partial charge is 0.269 e. The van der Waals surface area contributed by atoms with Crippen molar-refractivity contribution in [3.8, 4) is 0 Å². The zero-order chi connectivity index (χ0) is 24.8. The molecule has 0 aromatic heterocycles. The Balaban J connectivity index is 1.39. The van der Waals surface area contributed by atoms with E-state index in [1.165, 1.54) is 16.7 Å². The Labute approximate surface area is 209 Å². The average Bonchev–Trinajstić information content (AvgIpc) is 3.45. The van der Waals surface area contributed by atoms with Crippen molar-refractivity contribution in [1.29, 1.82) is 0 Å². The van der Waals surface area contributed by atoms with Gasteiger partial charge in [-0.2, -0.15) is 0 Å². The van der Waals surface area contributed by atoms with E-state index in [-0.39, 0.29) is 17.7 Å². The number of carbonyl (C=O) groups excluding carboxylic acids is 2. The first-order valence-electron chi connectivity index (χ1n) is 13.4. The summed E-state index contributed by atoms with van der Waals surface area (Å²) in [6.07, 6.45) is 10.2. The van der Waals surface area contributed by atoms with Crippen LogP contribution in [0.5, 0.6) is 0 Å². The van der Waals surface area contributed by atoms with Crippen molar-refractivity contribution < 1.29 is 9.59 Å². The Morgan fingerprint density at radius 2 is 1.83 bits per heavy atom. The summed E-state index contributed by atoms with van der Waals surface area (Å²) in [5.74, 6) is 1.27. The molecule has 3 heterocycles. The molecule has 2 unspecified atom stereocenters. The number of hydrogen-bond donors (Lipinski definition) is 2. The minimum Gasteiger partial charge on any atom is -0.368 e. The molecule has 2 atom stereocenters. The first-order valence-corrected chi connectivity index (χ1v) is 13.4. The number of aliphatic imine (C=N–C) groups is 1. The molecule has 1 aromatic carbocycles. The first kappa shape index (κ1) is 23.8. The average molecular weight is 475 g/mol. The van der Waals surface area contributed by atoms with Crippen LogP contribution in [0.1, 0.15) is 82.4 Å². The number of allylic oxidation sites excluding steroid dienone is 1. The van der Waals surface area contributed by atoms with Crippen LogP contribution in [-0.4, -0.2) is 41.2 Å². The van der Waals surface area contributed by atoms with Gasteiger partial charge in [0.2, 0.25) is 5.91 Å². The van der Waals surface area contributed by atoms with Crippen LogP contribution in [0.4, 0.5) is 0 Å². The van der Waals surface area contributed by atoms with E-state index in [2.05, 4.69) is 66.7 Å². The molecule has 1 aliphatic carbocycles. The second-order valence-corrected chi connectivity index (χ2v) is 10.7. The number of rotatable bonds is 8. The molecule has 1 spiro atoms. The summed E-state index contributed by atoms with van der Waals surface area (Å²) >= 11 is 0. The van der Waals surface area contributed by atoms with Crippen molar-refractivity contribution in [2.24, 2.45) is 10.4 Å². The Kier molecular flexibility index (Phi) is 6.10. The summed E-state index contributed by atoms with van der Waals surface area (Å²) in [5.41, 5.74) is 4.65. The summed E-state index contributed by atoms with van der Waals surface area (Å²) in [4.78, 5) is 33.5. The fourth-order valence-electron chi connectivity index (χ4n) is 6.61. The fraction of sp³-hybridized carbons (Fsp3) is 0.552. The Morgan fingerprint density at radius 1 is 1.09 bits per heavy atom. The minimum absolute atomic E-state index is 0.100. The largest absolute Gasteiger partial charge is 0.368 e. The zero-order valence-electron chi connectivity index (χ0n) is 21.5. The SMILES string of the molecule is CCCC1(CCC)N=C(CC)C(=O)N1CC(C)c1ccc2c(c1)CC1(C2)C(=O)NC2=C1C=CCN2. The number of hydrogen-bond acceptors (Lipinski definition) is 4. The van der Waals surface area contributed by atoms with Crippen molar-refractivity contribution in [3.63, 3.8) is 0 Å². The summed E-state index contributed by atoms with van der Waals surface area (Å²) in [5, 5.41) is 6.39. The standard InChI is InChI=1S/C29H38N4O2/c1-5-12-29(13-6-2)32-24(7-3)26(34)33(29)18-19(4)20-10-11-21-16-28(17-22(21)15-20)23-9-8-14-30-25(23)31-27(28)35/h8-11,15,19,30H,5-7,12-14,16-18H2,1-4H3,(H,31,35). The van der Waals surface area contributed by atoms with Crippen molar-refractivity contribution >= 4 is 17.5 Å². The van der Waals surface area contributed by atoms with Crippen LogP contribution in [0.15, 0.2) is 46.7 Å². The summed E-state index contributed by atoms with van der Waals surface area (Å²) < 4.78 is 0. The molecule has 2 N–H and O–H groups in total. The number of amides is 2. The molecule has 0 saturated carbocycles. The molecule has 35 heavy (non-hydrogen) atoms. The van der Waals surface area contributed by atoms with Crippen LogP contribution in [0.3, 0.4) is 0 Å². The van der Waals surface area contributed by atoms with Gasteiger partial charge in [0.05, 0.1) is 5.41 Å². The van der Waals surface area contributed by atoms with Gasteiger partial charge in [-0.05, 0) is 54.7 Å². The molecular weight excluding hydrogens is 436 g/mol. The lowest BCUT2D eigenvalue weighted by Gasteiger charge is -2.38. The topological polar surface area (TPSA) is 73.8 Å². The molecular formula is C29H38N4O2. The van der Waals surface area contributed by atoms with Crippen LogP contribution < -0.4 is 10.6 Å². The van der Waals surface area contributed by atoms with Gasteiger partial charge in [0.1, 0.15) is 17.2 Å². The second-order valence-electron chi connectivity index (χ2n) is 10.7. The lowest BCUT2D eigenvalue weighted by atomic mass is 9.78. The van der Waals surface area contributed by atoms with E-state index in [4.69, 9.17) is 4.99 Å². The van der Waals surface area contributed by atoms with Crippen molar-refractivity contribution in [2.45, 2.75) is 84.2 Å². The van der Waals surface area contributed by atoms with Crippen molar-refractivity contribution in [3.05, 3.63) is 58.4 Å². The number of nitrogens with zero attached hydrogens (tertiary/aromatic N) is 2. The van der Waals surface area contributed by atoms with E-state index in [9.17, 15) is 9.59 Å². The van der Waals surface area contributed by atoms with Gasteiger partial charge in [0, 0.05) is 18.7 Å². The predicted molar refractivity (Wildman–Crippen MR) is 139 cm³/mol. The van der Waals surface area contributed by atoms with Crippen molar-refractivity contribution in [1.82, 2.24) is 15.5 Å². The monoisotopic (exact) mass is 474 g/mol. The third kappa shape index (κ3) is 3.73. The van der Waals surface area contributed by atoms with E-state index in [1.807, 2.05) is 6.92 Å². The molecule has 2 amide bonds. The third-order valence-electron chi connectivity index (χ3n) is 8.35. The molecule has 186 valence electrons. The van der Waals surface area contributed by atoms with E-state index in [0.29, 0.717) is 13.0 Å². The quantitative estimate of drug-likeness (QED) is 0.588. The Hall–Kier alpha value is -2.89. The minimum atomic E-state index is -0.504. The molecule has 6 heteroatoms. The fourth-order valence-corrected chi connectivity index (χ4v) is 6.61.